The van der Waals surface area contributed by atoms with Crippen molar-refractivity contribution in [3.05, 3.63) is 48.2 Å². The Morgan fingerprint density at radius 3 is 2.71 bits per heavy atom. The fourth-order valence-corrected chi connectivity index (χ4v) is 3.03. The van der Waals surface area contributed by atoms with E-state index in [0.29, 0.717) is 23.5 Å². The number of aliphatic imine (C=N–C) groups is 1. The molecule has 1 aromatic carbocycles. The Morgan fingerprint density at radius 2 is 1.96 bits per heavy atom. The number of rotatable bonds is 4. The highest BCUT2D eigenvalue weighted by Gasteiger charge is 2.25. The molecule has 4 rings (SSSR count). The molecule has 1 aromatic heterocycles. The number of anilines is 1. The van der Waals surface area contributed by atoms with Crippen LogP contribution in [0.5, 0.6) is 11.5 Å². The average Bonchev–Trinajstić information content (AvgIpc) is 3.19. The van der Waals surface area contributed by atoms with Gasteiger partial charge >= 0.3 is 11.9 Å². The molecule has 0 unspecified atom stereocenters. The number of pyridine rings is 1. The molecule has 0 atom stereocenters. The molecule has 8 heteroatoms. The predicted molar refractivity (Wildman–Crippen MR) is 104 cm³/mol. The van der Waals surface area contributed by atoms with Gasteiger partial charge in [0.05, 0.1) is 24.3 Å². The van der Waals surface area contributed by atoms with Crippen molar-refractivity contribution in [3.8, 4) is 22.8 Å². The number of carbonyl (C=O) groups is 2. The summed E-state index contributed by atoms with van der Waals surface area (Å²) in [5, 5.41) is 6.51. The molecule has 3 heterocycles. The summed E-state index contributed by atoms with van der Waals surface area (Å²) in [6.45, 7) is 3.94. The highest BCUT2D eigenvalue weighted by atomic mass is 16.6. The fourth-order valence-electron chi connectivity index (χ4n) is 3.03. The second-order valence-corrected chi connectivity index (χ2v) is 6.27. The Morgan fingerprint density at radius 1 is 1.14 bits per heavy atom. The number of benzene rings is 1. The highest BCUT2D eigenvalue weighted by Crippen LogP contribution is 2.44. The maximum Gasteiger partial charge on any atom is 0.336 e. The van der Waals surface area contributed by atoms with Crippen LogP contribution in [0.4, 0.5) is 5.69 Å². The Bertz CT molecular complexity index is 1010. The number of nitrogens with one attached hydrogen (secondary N) is 2. The Kier molecular flexibility index (Phi) is 4.76. The van der Waals surface area contributed by atoms with Crippen molar-refractivity contribution in [2.24, 2.45) is 4.99 Å². The summed E-state index contributed by atoms with van der Waals surface area (Å²) in [6, 6.07) is 7.09. The largest absolute Gasteiger partial charge is 0.419 e. The molecule has 28 heavy (non-hydrogen) atoms. The smallest absolute Gasteiger partial charge is 0.336 e. The van der Waals surface area contributed by atoms with E-state index in [1.807, 2.05) is 19.1 Å². The van der Waals surface area contributed by atoms with Crippen LogP contribution >= 0.6 is 0 Å². The summed E-state index contributed by atoms with van der Waals surface area (Å²) < 4.78 is 10.8. The molecule has 0 spiro atoms. The van der Waals surface area contributed by atoms with Crippen LogP contribution in [0.3, 0.4) is 0 Å². The van der Waals surface area contributed by atoms with Crippen molar-refractivity contribution in [2.45, 2.75) is 6.92 Å². The van der Waals surface area contributed by atoms with Crippen LogP contribution in [0.1, 0.15) is 5.56 Å². The number of esters is 2. The van der Waals surface area contributed by atoms with E-state index < -0.39 is 11.9 Å². The summed E-state index contributed by atoms with van der Waals surface area (Å²) in [5.41, 5.74) is 2.74. The van der Waals surface area contributed by atoms with Crippen molar-refractivity contribution in [1.82, 2.24) is 10.3 Å². The van der Waals surface area contributed by atoms with E-state index >= 15 is 0 Å². The van der Waals surface area contributed by atoms with E-state index in [4.69, 9.17) is 9.47 Å². The van der Waals surface area contributed by atoms with Gasteiger partial charge in [-0.3, -0.25) is 9.98 Å². The number of carbonyl (C=O) groups excluding carboxylic acids is 2. The normalized spacial score (nSPS) is 16.7. The van der Waals surface area contributed by atoms with Gasteiger partial charge in [0.1, 0.15) is 5.84 Å². The van der Waals surface area contributed by atoms with Gasteiger partial charge in [-0.05, 0) is 30.7 Å². The van der Waals surface area contributed by atoms with Gasteiger partial charge in [0.15, 0.2) is 11.5 Å². The summed E-state index contributed by atoms with van der Waals surface area (Å²) in [7, 11) is 0. The molecule has 0 radical (unpaired) electrons. The second kappa shape index (κ2) is 7.51. The number of aryl methyl sites for hydroxylation is 1. The first kappa shape index (κ1) is 17.7. The molecule has 0 aliphatic carbocycles. The van der Waals surface area contributed by atoms with E-state index in [1.165, 1.54) is 0 Å². The van der Waals surface area contributed by atoms with Crippen molar-refractivity contribution in [2.75, 3.05) is 25.0 Å². The molecule has 8 nitrogen and oxygen atoms in total. The summed E-state index contributed by atoms with van der Waals surface area (Å²) in [4.78, 5) is 32.8. The van der Waals surface area contributed by atoms with Crippen molar-refractivity contribution in [1.29, 1.82) is 0 Å². The van der Waals surface area contributed by atoms with Gasteiger partial charge in [0.25, 0.3) is 0 Å². The number of hydrogen-bond donors (Lipinski definition) is 2. The van der Waals surface area contributed by atoms with Gasteiger partial charge in [-0.25, -0.2) is 9.59 Å². The van der Waals surface area contributed by atoms with E-state index in [0.717, 1.165) is 36.6 Å². The maximum atomic E-state index is 12.1. The topological polar surface area (TPSA) is 102 Å². The molecule has 0 saturated heterocycles. The third kappa shape index (κ3) is 3.57. The summed E-state index contributed by atoms with van der Waals surface area (Å²) in [5.74, 6) is -0.152. The third-order valence-electron chi connectivity index (χ3n) is 4.33. The van der Waals surface area contributed by atoms with Crippen molar-refractivity contribution in [3.63, 3.8) is 0 Å². The van der Waals surface area contributed by atoms with E-state index in [2.05, 4.69) is 20.6 Å². The van der Waals surface area contributed by atoms with Crippen LogP contribution in [-0.2, 0) is 9.59 Å². The van der Waals surface area contributed by atoms with Crippen molar-refractivity contribution < 1.29 is 19.1 Å². The molecule has 142 valence electrons. The molecule has 0 amide bonds. The van der Waals surface area contributed by atoms with Gasteiger partial charge in [-0.15, -0.1) is 0 Å². The van der Waals surface area contributed by atoms with E-state index in [1.54, 1.807) is 18.3 Å². The molecule has 0 fully saturated rings. The Balaban J connectivity index is 1.83. The molecule has 2 aromatic rings. The average molecular weight is 378 g/mol. The van der Waals surface area contributed by atoms with E-state index in [9.17, 15) is 9.59 Å². The molecule has 2 N–H and O–H groups in total. The molecule has 0 saturated carbocycles. The first-order chi connectivity index (χ1) is 13.6. The van der Waals surface area contributed by atoms with Gasteiger partial charge in [-0.1, -0.05) is 6.07 Å². The number of aromatic nitrogens is 1. The van der Waals surface area contributed by atoms with Crippen LogP contribution in [0.25, 0.3) is 11.3 Å². The molecule has 0 bridgehead atoms. The summed E-state index contributed by atoms with van der Waals surface area (Å²) >= 11 is 0. The lowest BCUT2D eigenvalue weighted by atomic mass is 10.0. The fraction of sp³-hybridized carbons (Fsp3) is 0.200. The Hall–Kier alpha value is -3.68. The first-order valence-electron chi connectivity index (χ1n) is 8.83. The van der Waals surface area contributed by atoms with Gasteiger partial charge < -0.3 is 20.1 Å². The minimum Gasteiger partial charge on any atom is -0.419 e. The standard InChI is InChI=1S/C20H18N4O4/c1-12-3-2-8-23-19(12)18-13(24-11-15-21-9-10-22-15)4-5-14-20(18)28-17(26)7-6-16(25)27-14/h2-8,24H,9-11H2,1H3,(H,21,22)/b7-6+. The lowest BCUT2D eigenvalue weighted by molar-refractivity contribution is -0.133. The SMILES string of the molecule is Cc1cccnc1-c1c(NCC2=NCCN2)ccc2c1OC(=O)/C=C/C(=O)O2. The Labute approximate surface area is 161 Å². The number of nitrogens with zero attached hydrogens (tertiary/aromatic N) is 2. The quantitative estimate of drug-likeness (QED) is 0.618. The molecular weight excluding hydrogens is 360 g/mol. The second-order valence-electron chi connectivity index (χ2n) is 6.27. The number of amidine groups is 1. The summed E-state index contributed by atoms with van der Waals surface area (Å²) in [6.07, 6.45) is 3.73. The van der Waals surface area contributed by atoms with Crippen LogP contribution < -0.4 is 20.1 Å². The number of fused-ring (bicyclic) bond motifs is 1. The van der Waals surface area contributed by atoms with Crippen LogP contribution in [0.15, 0.2) is 47.6 Å². The molecule has 2 aliphatic rings. The lowest BCUT2D eigenvalue weighted by Crippen LogP contribution is -2.26. The van der Waals surface area contributed by atoms with Crippen molar-refractivity contribution >= 4 is 23.5 Å². The first-order valence-corrected chi connectivity index (χ1v) is 8.83. The zero-order valence-corrected chi connectivity index (χ0v) is 15.2. The van der Waals surface area contributed by atoms with E-state index in [-0.39, 0.29) is 11.5 Å². The minimum atomic E-state index is -0.660. The van der Waals surface area contributed by atoms with Crippen LogP contribution in [0.2, 0.25) is 0 Å². The maximum absolute atomic E-state index is 12.1. The molecular formula is C20H18N4O4. The third-order valence-corrected chi connectivity index (χ3v) is 4.33. The number of ether oxygens (including phenoxy) is 2. The lowest BCUT2D eigenvalue weighted by Gasteiger charge is -2.20. The zero-order valence-electron chi connectivity index (χ0n) is 15.2. The minimum absolute atomic E-state index is 0.149. The van der Waals surface area contributed by atoms with Crippen LogP contribution in [-0.4, -0.2) is 42.4 Å². The zero-order chi connectivity index (χ0) is 19.5. The van der Waals surface area contributed by atoms with Gasteiger partial charge in [0.2, 0.25) is 0 Å². The monoisotopic (exact) mass is 378 g/mol. The molecule has 2 aliphatic heterocycles. The van der Waals surface area contributed by atoms with Gasteiger partial charge in [-0.2, -0.15) is 0 Å². The predicted octanol–water partition coefficient (Wildman–Crippen LogP) is 1.85. The van der Waals surface area contributed by atoms with Gasteiger partial charge in [0, 0.05) is 30.6 Å². The van der Waals surface area contributed by atoms with Crippen LogP contribution in [0, 0.1) is 6.92 Å². The highest BCUT2D eigenvalue weighted by molar-refractivity contribution is 5.98. The number of hydrogen-bond acceptors (Lipinski definition) is 8.